The van der Waals surface area contributed by atoms with E-state index in [1.54, 1.807) is 0 Å². The monoisotopic (exact) mass is 352 g/mol. The Labute approximate surface area is 155 Å². The zero-order chi connectivity index (χ0) is 18.5. The quantitative estimate of drug-likeness (QED) is 0.641. The molecular weight excluding hydrogens is 324 g/mol. The second-order valence-corrected chi connectivity index (χ2v) is 7.11. The maximum atomic E-state index is 5.70. The number of H-pyrrole nitrogens is 1. The number of furan rings is 1. The van der Waals surface area contributed by atoms with Gasteiger partial charge in [-0.3, -0.25) is 10.00 Å². The van der Waals surface area contributed by atoms with Gasteiger partial charge in [0.2, 0.25) is 0 Å². The third-order valence-corrected chi connectivity index (χ3v) is 4.65. The van der Waals surface area contributed by atoms with Gasteiger partial charge in [-0.05, 0) is 51.1 Å². The molecule has 26 heavy (non-hydrogen) atoms. The van der Waals surface area contributed by atoms with Crippen molar-refractivity contribution < 1.29 is 4.42 Å². The van der Waals surface area contributed by atoms with Crippen molar-refractivity contribution in [1.82, 2.24) is 20.4 Å². The standard InChI is InChI=1S/C21H28N4O/c1-15(2)25(4)14-18-7-5-6-17(10-18)11-22-12-19-13-23-24-21(19)20-9-8-16(3)26-20/h5-10,13,15,22H,11-12,14H2,1-4H3,(H,23,24). The summed E-state index contributed by atoms with van der Waals surface area (Å²) in [6.07, 6.45) is 1.86. The molecule has 0 bridgehead atoms. The molecule has 2 aromatic heterocycles. The summed E-state index contributed by atoms with van der Waals surface area (Å²) in [7, 11) is 2.16. The zero-order valence-corrected chi connectivity index (χ0v) is 16.0. The van der Waals surface area contributed by atoms with Crippen molar-refractivity contribution in [2.75, 3.05) is 7.05 Å². The zero-order valence-electron chi connectivity index (χ0n) is 16.0. The first kappa shape index (κ1) is 18.4. The van der Waals surface area contributed by atoms with Crippen LogP contribution >= 0.6 is 0 Å². The number of aromatic nitrogens is 2. The predicted molar refractivity (Wildman–Crippen MR) is 105 cm³/mol. The van der Waals surface area contributed by atoms with E-state index >= 15 is 0 Å². The minimum atomic E-state index is 0.543. The molecule has 0 unspecified atom stereocenters. The number of nitrogens with zero attached hydrogens (tertiary/aromatic N) is 2. The van der Waals surface area contributed by atoms with Gasteiger partial charge in [-0.1, -0.05) is 24.3 Å². The van der Waals surface area contributed by atoms with Crippen LogP contribution in [0.1, 0.15) is 36.3 Å². The summed E-state index contributed by atoms with van der Waals surface area (Å²) in [5.41, 5.74) is 4.68. The molecule has 0 fully saturated rings. The van der Waals surface area contributed by atoms with E-state index in [-0.39, 0.29) is 0 Å². The van der Waals surface area contributed by atoms with E-state index in [0.29, 0.717) is 6.04 Å². The molecule has 0 amide bonds. The summed E-state index contributed by atoms with van der Waals surface area (Å²) in [5.74, 6) is 1.73. The number of rotatable bonds is 8. The van der Waals surface area contributed by atoms with E-state index in [4.69, 9.17) is 4.42 Å². The van der Waals surface area contributed by atoms with Crippen molar-refractivity contribution in [3.8, 4) is 11.5 Å². The SMILES string of the molecule is Cc1ccc(-c2[nH]ncc2CNCc2cccc(CN(C)C(C)C)c2)o1. The summed E-state index contributed by atoms with van der Waals surface area (Å²) < 4.78 is 5.70. The molecule has 0 atom stereocenters. The first-order valence-corrected chi connectivity index (χ1v) is 9.10. The molecule has 1 aromatic carbocycles. The highest BCUT2D eigenvalue weighted by Crippen LogP contribution is 2.23. The van der Waals surface area contributed by atoms with Crippen LogP contribution in [0, 0.1) is 6.92 Å². The Hall–Kier alpha value is -2.37. The molecule has 138 valence electrons. The fourth-order valence-electron chi connectivity index (χ4n) is 2.88. The lowest BCUT2D eigenvalue weighted by Crippen LogP contribution is -2.25. The summed E-state index contributed by atoms with van der Waals surface area (Å²) in [4.78, 5) is 2.34. The van der Waals surface area contributed by atoms with Gasteiger partial charge in [-0.2, -0.15) is 5.10 Å². The lowest BCUT2D eigenvalue weighted by molar-refractivity contribution is 0.266. The van der Waals surface area contributed by atoms with Gasteiger partial charge < -0.3 is 9.73 Å². The Bertz CT molecular complexity index is 834. The second kappa shape index (κ2) is 8.34. The van der Waals surface area contributed by atoms with Gasteiger partial charge in [-0.15, -0.1) is 0 Å². The van der Waals surface area contributed by atoms with Crippen LogP contribution in [-0.4, -0.2) is 28.2 Å². The first-order valence-electron chi connectivity index (χ1n) is 9.10. The molecule has 5 nitrogen and oxygen atoms in total. The lowest BCUT2D eigenvalue weighted by Gasteiger charge is -2.21. The van der Waals surface area contributed by atoms with Crippen LogP contribution in [0.3, 0.4) is 0 Å². The second-order valence-electron chi connectivity index (χ2n) is 7.11. The highest BCUT2D eigenvalue weighted by Gasteiger charge is 2.11. The van der Waals surface area contributed by atoms with Gasteiger partial charge in [0.05, 0.1) is 6.20 Å². The van der Waals surface area contributed by atoms with Crippen LogP contribution in [0.5, 0.6) is 0 Å². The molecule has 2 N–H and O–H groups in total. The molecule has 0 aliphatic rings. The third-order valence-electron chi connectivity index (χ3n) is 4.65. The number of hydrogen-bond acceptors (Lipinski definition) is 4. The van der Waals surface area contributed by atoms with Gasteiger partial charge in [-0.25, -0.2) is 0 Å². The molecule has 0 spiro atoms. The van der Waals surface area contributed by atoms with E-state index in [9.17, 15) is 0 Å². The van der Waals surface area contributed by atoms with E-state index < -0.39 is 0 Å². The molecule has 5 heteroatoms. The summed E-state index contributed by atoms with van der Waals surface area (Å²) in [6, 6.07) is 13.2. The maximum absolute atomic E-state index is 5.70. The number of benzene rings is 1. The van der Waals surface area contributed by atoms with E-state index in [1.807, 2.05) is 25.3 Å². The number of aryl methyl sites for hydroxylation is 1. The fraction of sp³-hybridized carbons (Fsp3) is 0.381. The minimum absolute atomic E-state index is 0.543. The smallest absolute Gasteiger partial charge is 0.152 e. The Balaban J connectivity index is 1.58. The van der Waals surface area contributed by atoms with Crippen molar-refractivity contribution in [1.29, 1.82) is 0 Å². The Morgan fingerprint density at radius 2 is 1.96 bits per heavy atom. The number of hydrogen-bond donors (Lipinski definition) is 2. The lowest BCUT2D eigenvalue weighted by atomic mass is 10.1. The average molecular weight is 352 g/mol. The van der Waals surface area contributed by atoms with Crippen molar-refractivity contribution in [2.45, 2.75) is 46.4 Å². The van der Waals surface area contributed by atoms with Gasteiger partial charge in [0, 0.05) is 31.2 Å². The normalized spacial score (nSPS) is 11.6. The molecule has 0 aliphatic carbocycles. The summed E-state index contributed by atoms with van der Waals surface area (Å²) >= 11 is 0. The highest BCUT2D eigenvalue weighted by atomic mass is 16.3. The number of aromatic amines is 1. The van der Waals surface area contributed by atoms with Crippen LogP contribution in [0.4, 0.5) is 0 Å². The van der Waals surface area contributed by atoms with Gasteiger partial charge in [0.1, 0.15) is 11.5 Å². The molecule has 0 saturated heterocycles. The Morgan fingerprint density at radius 3 is 2.69 bits per heavy atom. The van der Waals surface area contributed by atoms with E-state index in [2.05, 4.69) is 65.6 Å². The highest BCUT2D eigenvalue weighted by molar-refractivity contribution is 5.56. The van der Waals surface area contributed by atoms with Crippen molar-refractivity contribution >= 4 is 0 Å². The van der Waals surface area contributed by atoms with Crippen molar-refractivity contribution in [3.63, 3.8) is 0 Å². The molecule has 3 aromatic rings. The number of nitrogens with one attached hydrogen (secondary N) is 2. The Morgan fingerprint density at radius 1 is 1.15 bits per heavy atom. The first-order chi connectivity index (χ1) is 12.5. The van der Waals surface area contributed by atoms with Crippen LogP contribution in [-0.2, 0) is 19.6 Å². The summed E-state index contributed by atoms with van der Waals surface area (Å²) in [5, 5.41) is 10.7. The largest absolute Gasteiger partial charge is 0.460 e. The molecule has 2 heterocycles. The van der Waals surface area contributed by atoms with E-state index in [1.165, 1.54) is 11.1 Å². The minimum Gasteiger partial charge on any atom is -0.460 e. The van der Waals surface area contributed by atoms with E-state index in [0.717, 1.165) is 42.4 Å². The molecular formula is C21H28N4O. The third kappa shape index (κ3) is 4.62. The van der Waals surface area contributed by atoms with Gasteiger partial charge in [0.25, 0.3) is 0 Å². The molecule has 0 saturated carbocycles. The van der Waals surface area contributed by atoms with Crippen LogP contribution in [0.25, 0.3) is 11.5 Å². The molecule has 0 aliphatic heterocycles. The van der Waals surface area contributed by atoms with Gasteiger partial charge >= 0.3 is 0 Å². The maximum Gasteiger partial charge on any atom is 0.152 e. The topological polar surface area (TPSA) is 57.1 Å². The molecule has 3 rings (SSSR count). The van der Waals surface area contributed by atoms with Crippen molar-refractivity contribution in [3.05, 3.63) is 65.0 Å². The van der Waals surface area contributed by atoms with Gasteiger partial charge in [0.15, 0.2) is 5.76 Å². The van der Waals surface area contributed by atoms with Crippen LogP contribution < -0.4 is 5.32 Å². The summed E-state index contributed by atoms with van der Waals surface area (Å²) in [6.45, 7) is 8.91. The van der Waals surface area contributed by atoms with Crippen LogP contribution in [0.2, 0.25) is 0 Å². The predicted octanol–water partition coefficient (Wildman–Crippen LogP) is 4.11. The Kier molecular flexibility index (Phi) is 5.91. The van der Waals surface area contributed by atoms with Crippen molar-refractivity contribution in [2.24, 2.45) is 0 Å². The fourth-order valence-corrected chi connectivity index (χ4v) is 2.88. The molecule has 0 radical (unpaired) electrons. The van der Waals surface area contributed by atoms with Crippen LogP contribution in [0.15, 0.2) is 47.0 Å². The average Bonchev–Trinajstić information content (AvgIpc) is 3.24.